The number of para-hydroxylation sites is 1. The number of rotatable bonds is 12. The molecule has 3 aliphatic rings. The number of hydrogen-bond acceptors (Lipinski definition) is 3. The van der Waals surface area contributed by atoms with Gasteiger partial charge in [-0.3, -0.25) is 9.59 Å². The highest BCUT2D eigenvalue weighted by Gasteiger charge is 2.87. The van der Waals surface area contributed by atoms with E-state index in [-0.39, 0.29) is 11.8 Å². The molecule has 256 valence electrons. The Morgan fingerprint density at radius 1 is 0.510 bits per heavy atom. The molecule has 8 rings (SSSR count). The fourth-order valence-corrected chi connectivity index (χ4v) is 15.7. The number of nitrogens with zero attached hydrogens (tertiary/aromatic N) is 1. The number of amides is 2. The number of hydrogen-bond donors (Lipinski definition) is 0. The molecule has 0 aromatic heterocycles. The fraction of sp³-hybridized carbons (Fsp3) is 0.261. The van der Waals surface area contributed by atoms with E-state index in [2.05, 4.69) is 55.5 Å². The highest BCUT2D eigenvalue weighted by atomic mass is 31.2. The second kappa shape index (κ2) is 13.4. The predicted molar refractivity (Wildman–Crippen MR) is 208 cm³/mol. The van der Waals surface area contributed by atoms with E-state index in [1.807, 2.05) is 103 Å². The average Bonchev–Trinajstić information content (AvgIpc) is 3.66. The molecule has 0 radical (unpaired) electrons. The van der Waals surface area contributed by atoms with Crippen LogP contribution < -0.4 is 4.90 Å². The minimum atomic E-state index is -3.66. The molecular formula is C46H44NO3P. The van der Waals surface area contributed by atoms with Gasteiger partial charge in [0.1, 0.15) is 7.14 Å². The van der Waals surface area contributed by atoms with Crippen molar-refractivity contribution in [1.29, 1.82) is 0 Å². The second-order valence-electron chi connectivity index (χ2n) is 14.3. The molecule has 2 bridgehead atoms. The number of carbonyl (C=O) groups excluding carboxylic acids is 2. The SMILES string of the molecule is CCCCCCCCP1(=O)C2(c3ccccc3)C(c3ccccc3)=C(c3ccccc3)C1(c1ccccc1)C1C(=O)N(c3ccccc3)C(=O)C12. The molecule has 3 aliphatic heterocycles. The van der Waals surface area contributed by atoms with Crippen LogP contribution in [-0.2, 0) is 24.5 Å². The lowest BCUT2D eigenvalue weighted by Gasteiger charge is -2.41. The van der Waals surface area contributed by atoms with E-state index in [9.17, 15) is 0 Å². The normalized spacial score (nSPS) is 26.6. The second-order valence-corrected chi connectivity index (χ2v) is 17.6. The molecule has 5 aromatic carbocycles. The highest BCUT2D eigenvalue weighted by molar-refractivity contribution is 7.69. The van der Waals surface area contributed by atoms with E-state index in [1.54, 1.807) is 0 Å². The predicted octanol–water partition coefficient (Wildman–Crippen LogP) is 10.9. The maximum Gasteiger partial charge on any atom is 0.239 e. The molecule has 4 atom stereocenters. The minimum absolute atomic E-state index is 0.262. The van der Waals surface area contributed by atoms with Crippen molar-refractivity contribution in [3.05, 3.63) is 174 Å². The van der Waals surface area contributed by atoms with Crippen molar-refractivity contribution < 1.29 is 14.2 Å². The Hall–Kier alpha value is -4.79. The number of imide groups is 1. The van der Waals surface area contributed by atoms with Crippen LogP contribution in [0.4, 0.5) is 5.69 Å². The Morgan fingerprint density at radius 3 is 1.31 bits per heavy atom. The van der Waals surface area contributed by atoms with Gasteiger partial charge in [-0.1, -0.05) is 179 Å². The van der Waals surface area contributed by atoms with Gasteiger partial charge < -0.3 is 4.57 Å². The van der Waals surface area contributed by atoms with Gasteiger partial charge in [0.2, 0.25) is 11.8 Å². The van der Waals surface area contributed by atoms with E-state index in [4.69, 9.17) is 0 Å². The van der Waals surface area contributed by atoms with E-state index in [0.717, 1.165) is 65.5 Å². The molecule has 0 N–H and O–H groups in total. The van der Waals surface area contributed by atoms with Crippen molar-refractivity contribution in [3.8, 4) is 0 Å². The number of unbranched alkanes of at least 4 members (excludes halogenated alkanes) is 5. The van der Waals surface area contributed by atoms with Gasteiger partial charge in [0, 0.05) is 6.16 Å². The van der Waals surface area contributed by atoms with Crippen molar-refractivity contribution in [2.45, 2.75) is 55.8 Å². The smallest absolute Gasteiger partial charge is 0.239 e. The third-order valence-electron chi connectivity index (χ3n) is 11.8. The first-order valence-electron chi connectivity index (χ1n) is 18.5. The van der Waals surface area contributed by atoms with Crippen LogP contribution in [0.3, 0.4) is 0 Å². The Kier molecular flexibility index (Phi) is 8.76. The zero-order valence-corrected chi connectivity index (χ0v) is 30.1. The topological polar surface area (TPSA) is 54.5 Å². The number of fused-ring (bicyclic) bond motifs is 5. The maximum atomic E-state index is 17.6. The summed E-state index contributed by atoms with van der Waals surface area (Å²) in [7, 11) is -3.66. The molecule has 3 heterocycles. The lowest BCUT2D eigenvalue weighted by Crippen LogP contribution is -2.41. The summed E-state index contributed by atoms with van der Waals surface area (Å²) in [4.78, 5) is 32.3. The molecule has 51 heavy (non-hydrogen) atoms. The number of allylic oxidation sites excluding steroid dienone is 2. The Balaban J connectivity index is 1.53. The lowest BCUT2D eigenvalue weighted by molar-refractivity contribution is -0.122. The average molecular weight is 690 g/mol. The van der Waals surface area contributed by atoms with Crippen LogP contribution in [-0.4, -0.2) is 18.0 Å². The van der Waals surface area contributed by atoms with Crippen LogP contribution in [0.5, 0.6) is 0 Å². The molecule has 2 saturated heterocycles. The van der Waals surface area contributed by atoms with Gasteiger partial charge >= 0.3 is 0 Å². The molecule has 2 amide bonds. The van der Waals surface area contributed by atoms with Crippen molar-refractivity contribution in [2.75, 3.05) is 11.1 Å². The Labute approximate surface area is 301 Å². The first-order valence-corrected chi connectivity index (χ1v) is 20.4. The summed E-state index contributed by atoms with van der Waals surface area (Å²) in [5.74, 6) is -2.24. The lowest BCUT2D eigenvalue weighted by atomic mass is 9.59. The maximum absolute atomic E-state index is 17.6. The zero-order chi connectivity index (χ0) is 35.1. The number of benzene rings is 5. The summed E-state index contributed by atoms with van der Waals surface area (Å²) in [5, 5.41) is -2.50. The van der Waals surface area contributed by atoms with Crippen molar-refractivity contribution in [1.82, 2.24) is 0 Å². The van der Waals surface area contributed by atoms with Crippen molar-refractivity contribution >= 4 is 35.8 Å². The summed E-state index contributed by atoms with van der Waals surface area (Å²) in [6, 6.07) is 50.0. The molecule has 0 saturated carbocycles. The fourth-order valence-electron chi connectivity index (χ4n) is 9.98. The van der Waals surface area contributed by atoms with Crippen LogP contribution >= 0.6 is 7.14 Å². The van der Waals surface area contributed by atoms with Gasteiger partial charge in [0.15, 0.2) is 0 Å². The van der Waals surface area contributed by atoms with Crippen LogP contribution in [0.15, 0.2) is 152 Å². The van der Waals surface area contributed by atoms with Crippen LogP contribution in [0.2, 0.25) is 0 Å². The van der Waals surface area contributed by atoms with Crippen LogP contribution in [0, 0.1) is 11.8 Å². The first-order chi connectivity index (χ1) is 25.0. The minimum Gasteiger partial charge on any atom is -0.321 e. The van der Waals surface area contributed by atoms with Gasteiger partial charge in [-0.05, 0) is 52.0 Å². The van der Waals surface area contributed by atoms with Crippen LogP contribution in [0.1, 0.15) is 67.7 Å². The highest BCUT2D eigenvalue weighted by Crippen LogP contribution is 2.96. The number of carbonyl (C=O) groups is 2. The first kappa shape index (κ1) is 33.4. The molecular weight excluding hydrogens is 645 g/mol. The molecule has 4 nitrogen and oxygen atoms in total. The third kappa shape index (κ3) is 4.69. The monoisotopic (exact) mass is 689 g/mol. The van der Waals surface area contributed by atoms with Gasteiger partial charge in [-0.25, -0.2) is 4.90 Å². The van der Waals surface area contributed by atoms with Crippen LogP contribution in [0.25, 0.3) is 11.1 Å². The molecule has 0 spiro atoms. The quantitative estimate of drug-likeness (QED) is 0.0744. The molecule has 2 fully saturated rings. The standard InChI is InChI=1S/C46H44NO3P/c1-2-3-4-5-6-22-33-51(50)45(36-27-16-9-17-28-36)39(34-23-12-7-13-24-34)40(35-25-14-8-15-26-35)46(51,37-29-18-10-19-30-37)42-41(45)43(48)47(44(42)49)38-31-20-11-21-32-38/h7-21,23-32,41-42H,2-6,22,33H2,1H3. The summed E-state index contributed by atoms with van der Waals surface area (Å²) < 4.78 is 17.6. The Morgan fingerprint density at radius 2 is 0.882 bits per heavy atom. The van der Waals surface area contributed by atoms with Gasteiger partial charge in [0.05, 0.1) is 27.8 Å². The Bertz CT molecular complexity index is 1990. The van der Waals surface area contributed by atoms with E-state index in [1.165, 1.54) is 11.3 Å². The van der Waals surface area contributed by atoms with Crippen molar-refractivity contribution in [2.24, 2.45) is 11.8 Å². The van der Waals surface area contributed by atoms with E-state index < -0.39 is 29.3 Å². The van der Waals surface area contributed by atoms with Crippen molar-refractivity contribution in [3.63, 3.8) is 0 Å². The van der Waals surface area contributed by atoms with E-state index >= 15 is 14.2 Å². The van der Waals surface area contributed by atoms with Gasteiger partial charge in [-0.15, -0.1) is 0 Å². The third-order valence-corrected chi connectivity index (χ3v) is 16.5. The summed E-state index contributed by atoms with van der Waals surface area (Å²) in [6.07, 6.45) is 6.71. The largest absolute Gasteiger partial charge is 0.321 e. The zero-order valence-electron chi connectivity index (χ0n) is 29.2. The van der Waals surface area contributed by atoms with Gasteiger partial charge in [-0.2, -0.15) is 0 Å². The molecule has 4 unspecified atom stereocenters. The molecule has 5 heteroatoms. The summed E-state index contributed by atoms with van der Waals surface area (Å²) in [5.41, 5.74) is 6.00. The molecule has 0 aliphatic carbocycles. The number of anilines is 1. The van der Waals surface area contributed by atoms with E-state index in [0.29, 0.717) is 11.8 Å². The summed E-state index contributed by atoms with van der Waals surface area (Å²) in [6.45, 7) is 2.22. The summed E-state index contributed by atoms with van der Waals surface area (Å²) >= 11 is 0. The molecule has 5 aromatic rings. The van der Waals surface area contributed by atoms with Gasteiger partial charge in [0.25, 0.3) is 0 Å².